The molecular weight excluding hydrogens is 747 g/mol. The van der Waals surface area contributed by atoms with Crippen LogP contribution in [-0.2, 0) is 29.7 Å². The Morgan fingerprint density at radius 1 is 0.982 bits per heavy atom. The Kier molecular flexibility index (Phi) is 18.3. The summed E-state index contributed by atoms with van der Waals surface area (Å²) in [5.74, 6) is 0.170. The molecule has 4 rings (SSSR count). The van der Waals surface area contributed by atoms with Crippen molar-refractivity contribution in [2.45, 2.75) is 146 Å². The van der Waals surface area contributed by atoms with Crippen LogP contribution >= 0.6 is 19.4 Å². The summed E-state index contributed by atoms with van der Waals surface area (Å²) in [6.07, 6.45) is 14.8. The van der Waals surface area contributed by atoms with Crippen LogP contribution < -0.4 is 5.73 Å². The van der Waals surface area contributed by atoms with E-state index in [1.54, 1.807) is 36.4 Å². The third-order valence-electron chi connectivity index (χ3n) is 10.0. The number of nitrogens with two attached hydrogens (primary N) is 1. The van der Waals surface area contributed by atoms with E-state index >= 15 is 0 Å². The van der Waals surface area contributed by atoms with E-state index in [2.05, 4.69) is 23.1 Å². The molecule has 14 nitrogen and oxygen atoms in total. The predicted molar refractivity (Wildman–Crippen MR) is 208 cm³/mol. The number of fused-ring (bicyclic) bond motifs is 1. The summed E-state index contributed by atoms with van der Waals surface area (Å²) in [4.78, 5) is 14.6. The largest absolute Gasteiger partial charge is 0.472 e. The van der Waals surface area contributed by atoms with Crippen molar-refractivity contribution < 1.29 is 38.2 Å². The molecule has 2 aromatic heterocycles. The summed E-state index contributed by atoms with van der Waals surface area (Å²) in [6, 6.07) is 11.9. The molecule has 302 valence electrons. The molecule has 3 aromatic rings. The number of aromatic nitrogens is 3. The first-order chi connectivity index (χ1) is 26.5. The Balaban J connectivity index is 1.26. The van der Waals surface area contributed by atoms with Crippen LogP contribution in [0.1, 0.15) is 133 Å². The van der Waals surface area contributed by atoms with Crippen molar-refractivity contribution in [2.75, 3.05) is 18.9 Å². The third-order valence-corrected chi connectivity index (χ3v) is 11.2. The van der Waals surface area contributed by atoms with Gasteiger partial charge in [-0.1, -0.05) is 115 Å². The van der Waals surface area contributed by atoms with Crippen LogP contribution in [0.3, 0.4) is 0 Å². The van der Waals surface area contributed by atoms with Crippen molar-refractivity contribution in [3.63, 3.8) is 0 Å². The molecule has 1 aliphatic heterocycles. The molecule has 0 spiro atoms. The normalized spacial score (nSPS) is 21.3. The molecule has 0 aliphatic carbocycles. The first-order valence-electron chi connectivity index (χ1n) is 19.5. The number of anilines is 1. The second-order valence-electron chi connectivity index (χ2n) is 14.3. The number of hydrogen-bond acceptors (Lipinski definition) is 12. The van der Waals surface area contributed by atoms with Crippen LogP contribution in [0.2, 0.25) is 5.02 Å². The molecule has 6 atom stereocenters. The number of benzene rings is 1. The highest BCUT2D eigenvalue weighted by molar-refractivity contribution is 7.47. The minimum absolute atomic E-state index is 0.0838. The molecule has 3 heterocycles. The van der Waals surface area contributed by atoms with Crippen molar-refractivity contribution in [2.24, 2.45) is 0 Å². The van der Waals surface area contributed by atoms with Crippen LogP contribution in [0.4, 0.5) is 5.82 Å². The molecule has 55 heavy (non-hydrogen) atoms. The third kappa shape index (κ3) is 13.5. The Hall–Kier alpha value is -3.14. The minimum Gasteiger partial charge on any atom is -0.387 e. The number of aliphatic hydroxyl groups excluding tert-OH is 2. The highest BCUT2D eigenvalue weighted by atomic mass is 35.5. The number of phosphoric acid groups is 1. The summed E-state index contributed by atoms with van der Waals surface area (Å²) in [5.41, 5.74) is 5.43. The Labute approximate surface area is 329 Å². The second-order valence-corrected chi connectivity index (χ2v) is 16.2. The van der Waals surface area contributed by atoms with Gasteiger partial charge in [0.15, 0.2) is 5.82 Å². The van der Waals surface area contributed by atoms with Crippen LogP contribution in [0.5, 0.6) is 0 Å². The lowest BCUT2D eigenvalue weighted by molar-refractivity contribution is -0.0763. The molecule has 2 unspecified atom stereocenters. The molecule has 1 aromatic carbocycles. The fraction of sp³-hybridized carbons (Fsp3) is 0.641. The summed E-state index contributed by atoms with van der Waals surface area (Å²) in [6.45, 7) is 1.12. The summed E-state index contributed by atoms with van der Waals surface area (Å²) in [7, 11) is -4.83. The molecule has 0 radical (unpaired) electrons. The average Bonchev–Trinajstić information content (AvgIpc) is 3.71. The standard InChI is InChI=1S/C39H56ClN6O8P/c1-2-3-4-5-6-7-8-9-10-11-12-13-14-15-16-17-32(51-24-30-20-29(23-41)21-31(40)22-30)25-52-55(49,50)53-27-39(26-42)37(48)35(47)36(54-39)33-18-19-34-38(43)44-28-45-46(33)34/h18-22,28,32,35-37,47-48H,2-17,24-25,27H2,1H3,(H,49,50)(H2,43,44,45)/t32-,35+,36?,37+,39-/m1/s1. The molecule has 1 aliphatic rings. The van der Waals surface area contributed by atoms with Crippen molar-refractivity contribution in [1.82, 2.24) is 14.6 Å². The first-order valence-corrected chi connectivity index (χ1v) is 21.4. The van der Waals surface area contributed by atoms with Crippen molar-refractivity contribution >= 4 is 30.8 Å². The highest BCUT2D eigenvalue weighted by Gasteiger charge is 2.57. The maximum Gasteiger partial charge on any atom is 0.472 e. The van der Waals surface area contributed by atoms with Gasteiger partial charge in [-0.05, 0) is 42.3 Å². The van der Waals surface area contributed by atoms with Crippen LogP contribution in [0, 0.1) is 22.7 Å². The van der Waals surface area contributed by atoms with Gasteiger partial charge in [0.05, 0.1) is 36.6 Å². The van der Waals surface area contributed by atoms with Gasteiger partial charge in [0.25, 0.3) is 0 Å². The van der Waals surface area contributed by atoms with Gasteiger partial charge in [-0.15, -0.1) is 0 Å². The Bertz CT molecular complexity index is 1770. The quantitative estimate of drug-likeness (QED) is 0.0449. The topological polar surface area (TPSA) is 218 Å². The van der Waals surface area contributed by atoms with Gasteiger partial charge in [0, 0.05) is 5.02 Å². The van der Waals surface area contributed by atoms with E-state index in [1.165, 1.54) is 81.5 Å². The fourth-order valence-corrected chi connectivity index (χ4v) is 7.88. The molecule has 16 heteroatoms. The molecule has 0 bridgehead atoms. The zero-order valence-corrected chi connectivity index (χ0v) is 33.4. The fourth-order valence-electron chi connectivity index (χ4n) is 6.84. The lowest BCUT2D eigenvalue weighted by atomic mass is 9.96. The van der Waals surface area contributed by atoms with Crippen molar-refractivity contribution in [3.8, 4) is 12.1 Å². The number of ether oxygens (including phenoxy) is 2. The van der Waals surface area contributed by atoms with E-state index in [4.69, 9.17) is 35.9 Å². The monoisotopic (exact) mass is 802 g/mol. The number of nitrogen functional groups attached to an aromatic ring is 1. The van der Waals surface area contributed by atoms with Gasteiger partial charge in [-0.3, -0.25) is 9.05 Å². The second kappa shape index (κ2) is 22.6. The molecule has 0 amide bonds. The van der Waals surface area contributed by atoms with E-state index in [9.17, 15) is 30.2 Å². The zero-order chi connectivity index (χ0) is 39.7. The number of halogens is 1. The summed E-state index contributed by atoms with van der Waals surface area (Å²) < 4.78 is 37.0. The number of nitrogens with zero attached hydrogens (tertiary/aromatic N) is 5. The summed E-state index contributed by atoms with van der Waals surface area (Å²) in [5, 5.41) is 45.7. The smallest absolute Gasteiger partial charge is 0.387 e. The van der Waals surface area contributed by atoms with Gasteiger partial charge in [-0.25, -0.2) is 14.1 Å². The maximum absolute atomic E-state index is 13.1. The van der Waals surface area contributed by atoms with Gasteiger partial charge < -0.3 is 30.3 Å². The van der Waals surface area contributed by atoms with Gasteiger partial charge in [0.1, 0.15) is 42.8 Å². The van der Waals surface area contributed by atoms with Gasteiger partial charge >= 0.3 is 7.82 Å². The minimum atomic E-state index is -4.83. The van der Waals surface area contributed by atoms with Crippen LogP contribution in [0.15, 0.2) is 36.7 Å². The number of unbranched alkanes of at least 4 members (excludes halogenated alkanes) is 14. The number of aliphatic hydroxyl groups is 2. The predicted octanol–water partition coefficient (Wildman–Crippen LogP) is 7.87. The number of phosphoric ester groups is 1. The number of rotatable bonds is 26. The van der Waals surface area contributed by atoms with Crippen molar-refractivity contribution in [3.05, 3.63) is 58.5 Å². The van der Waals surface area contributed by atoms with E-state index in [0.717, 1.165) is 25.7 Å². The van der Waals surface area contributed by atoms with E-state index in [-0.39, 0.29) is 24.7 Å². The number of nitriles is 2. The van der Waals surface area contributed by atoms with Crippen LogP contribution in [-0.4, -0.2) is 66.8 Å². The van der Waals surface area contributed by atoms with E-state index < -0.39 is 44.4 Å². The van der Waals surface area contributed by atoms with Gasteiger partial charge in [0.2, 0.25) is 5.60 Å². The Morgan fingerprint density at radius 2 is 1.62 bits per heavy atom. The molecule has 0 saturated carbocycles. The van der Waals surface area contributed by atoms with E-state index in [1.807, 2.05) is 0 Å². The molecule has 1 saturated heterocycles. The van der Waals surface area contributed by atoms with Crippen molar-refractivity contribution in [1.29, 1.82) is 10.5 Å². The average molecular weight is 803 g/mol. The van der Waals surface area contributed by atoms with Crippen LogP contribution in [0.25, 0.3) is 5.52 Å². The zero-order valence-electron chi connectivity index (χ0n) is 31.7. The molecule has 1 fully saturated rings. The molecule has 5 N–H and O–H groups in total. The maximum atomic E-state index is 13.1. The SMILES string of the molecule is CCCCCCCCCCCCCCCCC[C@H](COP(=O)(O)OC[C@@]1(C#N)OC(c2ccc3c(N)ncnn23)[C@H](O)[C@@H]1O)OCc1cc(Cl)cc(C#N)c1. The van der Waals surface area contributed by atoms with Gasteiger partial charge in [-0.2, -0.15) is 15.6 Å². The first kappa shape index (κ1) is 44.6. The number of hydrogen-bond donors (Lipinski definition) is 4. The Morgan fingerprint density at radius 3 is 2.24 bits per heavy atom. The summed E-state index contributed by atoms with van der Waals surface area (Å²) >= 11 is 6.18. The lowest BCUT2D eigenvalue weighted by Gasteiger charge is -2.26. The highest BCUT2D eigenvalue weighted by Crippen LogP contribution is 2.48. The molecular formula is C39H56ClN6O8P. The van der Waals surface area contributed by atoms with E-state index in [0.29, 0.717) is 28.1 Å². The lowest BCUT2D eigenvalue weighted by Crippen LogP contribution is -2.45.